The minimum absolute atomic E-state index is 0.119. The van der Waals surface area contributed by atoms with Crippen molar-refractivity contribution in [3.8, 4) is 0 Å². The summed E-state index contributed by atoms with van der Waals surface area (Å²) in [5.41, 5.74) is 1.63. The highest BCUT2D eigenvalue weighted by atomic mass is 16.4. The lowest BCUT2D eigenvalue weighted by molar-refractivity contribution is -0.143. The molecule has 2 aromatic rings. The summed E-state index contributed by atoms with van der Waals surface area (Å²) in [6.07, 6.45) is 1.77. The average Bonchev–Trinajstić information content (AvgIpc) is 2.44. The lowest BCUT2D eigenvalue weighted by Gasteiger charge is -2.17. The van der Waals surface area contributed by atoms with E-state index in [1.54, 1.807) is 20.0 Å². The maximum absolute atomic E-state index is 12.0. The predicted octanol–water partition coefficient (Wildman–Crippen LogP) is 2.00. The van der Waals surface area contributed by atoms with E-state index >= 15 is 0 Å². The second-order valence-corrected chi connectivity index (χ2v) is 5.34. The molecule has 1 atom stereocenters. The van der Waals surface area contributed by atoms with E-state index in [1.807, 2.05) is 30.3 Å². The van der Waals surface area contributed by atoms with Crippen molar-refractivity contribution in [2.24, 2.45) is 5.92 Å². The van der Waals surface area contributed by atoms with Gasteiger partial charge in [-0.15, -0.1) is 0 Å². The van der Waals surface area contributed by atoms with E-state index in [0.29, 0.717) is 0 Å². The number of rotatable bonds is 5. The predicted molar refractivity (Wildman–Crippen MR) is 79.9 cm³/mol. The Labute approximate surface area is 123 Å². The molecule has 21 heavy (non-hydrogen) atoms. The van der Waals surface area contributed by atoms with E-state index in [2.05, 4.69) is 10.3 Å². The number of aromatic nitrogens is 1. The SMILES string of the molecule is CC(C)[C@H](NC(=O)Cc1cnc2ccccc2c1)C(=O)O. The van der Waals surface area contributed by atoms with Crippen molar-refractivity contribution in [1.82, 2.24) is 10.3 Å². The van der Waals surface area contributed by atoms with Crippen LogP contribution >= 0.6 is 0 Å². The number of carbonyl (C=O) groups excluding carboxylic acids is 1. The number of nitrogens with zero attached hydrogens (tertiary/aromatic N) is 1. The van der Waals surface area contributed by atoms with Crippen LogP contribution in [0.2, 0.25) is 0 Å². The lowest BCUT2D eigenvalue weighted by Crippen LogP contribution is -2.44. The monoisotopic (exact) mass is 286 g/mol. The maximum atomic E-state index is 12.0. The highest BCUT2D eigenvalue weighted by molar-refractivity contribution is 5.86. The Kier molecular flexibility index (Phi) is 4.52. The zero-order chi connectivity index (χ0) is 15.4. The molecule has 0 aliphatic rings. The fraction of sp³-hybridized carbons (Fsp3) is 0.312. The molecule has 0 fully saturated rings. The molecule has 0 radical (unpaired) electrons. The number of carboxylic acids is 1. The number of aliphatic carboxylic acids is 1. The number of fused-ring (bicyclic) bond motifs is 1. The van der Waals surface area contributed by atoms with Crippen molar-refractivity contribution in [2.75, 3.05) is 0 Å². The molecule has 0 aliphatic heterocycles. The molecule has 0 saturated carbocycles. The van der Waals surface area contributed by atoms with Crippen LogP contribution in [0.5, 0.6) is 0 Å². The van der Waals surface area contributed by atoms with E-state index in [0.717, 1.165) is 16.5 Å². The van der Waals surface area contributed by atoms with Crippen LogP contribution < -0.4 is 5.32 Å². The molecule has 0 spiro atoms. The van der Waals surface area contributed by atoms with Crippen LogP contribution in [0.3, 0.4) is 0 Å². The molecule has 2 rings (SSSR count). The molecule has 1 aromatic carbocycles. The van der Waals surface area contributed by atoms with Gasteiger partial charge in [0.2, 0.25) is 5.91 Å². The smallest absolute Gasteiger partial charge is 0.326 e. The summed E-state index contributed by atoms with van der Waals surface area (Å²) in [7, 11) is 0. The van der Waals surface area contributed by atoms with Crippen molar-refractivity contribution >= 4 is 22.8 Å². The van der Waals surface area contributed by atoms with Gasteiger partial charge in [-0.2, -0.15) is 0 Å². The van der Waals surface area contributed by atoms with Gasteiger partial charge >= 0.3 is 5.97 Å². The summed E-state index contributed by atoms with van der Waals surface area (Å²) in [4.78, 5) is 27.3. The molecule has 0 saturated heterocycles. The van der Waals surface area contributed by atoms with Gasteiger partial charge in [0, 0.05) is 11.6 Å². The van der Waals surface area contributed by atoms with Gasteiger partial charge in [0.15, 0.2) is 0 Å². The van der Waals surface area contributed by atoms with Gasteiger partial charge in [0.25, 0.3) is 0 Å². The first-order valence-electron chi connectivity index (χ1n) is 6.83. The van der Waals surface area contributed by atoms with E-state index in [9.17, 15) is 9.59 Å². The Balaban J connectivity index is 2.08. The van der Waals surface area contributed by atoms with E-state index in [4.69, 9.17) is 5.11 Å². The van der Waals surface area contributed by atoms with Crippen LogP contribution in [0.4, 0.5) is 0 Å². The maximum Gasteiger partial charge on any atom is 0.326 e. The second kappa shape index (κ2) is 6.35. The largest absolute Gasteiger partial charge is 0.480 e. The fourth-order valence-corrected chi connectivity index (χ4v) is 2.14. The van der Waals surface area contributed by atoms with Gasteiger partial charge in [-0.05, 0) is 23.6 Å². The van der Waals surface area contributed by atoms with Crippen molar-refractivity contribution in [3.63, 3.8) is 0 Å². The summed E-state index contributed by atoms with van der Waals surface area (Å²) >= 11 is 0. The lowest BCUT2D eigenvalue weighted by atomic mass is 10.0. The first-order valence-corrected chi connectivity index (χ1v) is 6.83. The highest BCUT2D eigenvalue weighted by Crippen LogP contribution is 2.13. The van der Waals surface area contributed by atoms with Crippen LogP contribution in [0.25, 0.3) is 10.9 Å². The van der Waals surface area contributed by atoms with Gasteiger partial charge in [-0.1, -0.05) is 32.0 Å². The Morgan fingerprint density at radius 2 is 2.00 bits per heavy atom. The summed E-state index contributed by atoms with van der Waals surface area (Å²) in [5, 5.41) is 12.6. The number of benzene rings is 1. The van der Waals surface area contributed by atoms with Crippen LogP contribution in [0.1, 0.15) is 19.4 Å². The normalized spacial score (nSPS) is 12.3. The van der Waals surface area contributed by atoms with Crippen molar-refractivity contribution in [3.05, 3.63) is 42.1 Å². The topological polar surface area (TPSA) is 79.3 Å². The molecule has 0 aliphatic carbocycles. The molecule has 1 heterocycles. The Hall–Kier alpha value is -2.43. The highest BCUT2D eigenvalue weighted by Gasteiger charge is 2.23. The third-order valence-corrected chi connectivity index (χ3v) is 3.26. The number of carboxylic acid groups (broad SMARTS) is 1. The second-order valence-electron chi connectivity index (χ2n) is 5.34. The molecule has 0 unspecified atom stereocenters. The molecule has 0 bridgehead atoms. The number of amides is 1. The summed E-state index contributed by atoms with van der Waals surface area (Å²) < 4.78 is 0. The number of nitrogens with one attached hydrogen (secondary N) is 1. The molecule has 5 heteroatoms. The summed E-state index contributed by atoms with van der Waals surface area (Å²) in [5.74, 6) is -1.50. The first kappa shape index (κ1) is 15.0. The zero-order valence-electron chi connectivity index (χ0n) is 12.0. The minimum atomic E-state index is -1.02. The van der Waals surface area contributed by atoms with Gasteiger partial charge in [-0.25, -0.2) is 4.79 Å². The molecule has 2 N–H and O–H groups in total. The molecule has 1 aromatic heterocycles. The van der Waals surface area contributed by atoms with E-state index < -0.39 is 12.0 Å². The van der Waals surface area contributed by atoms with Crippen molar-refractivity contribution in [1.29, 1.82) is 0 Å². The quantitative estimate of drug-likeness (QED) is 0.881. The molecular formula is C16H18N2O3. The summed E-state index contributed by atoms with van der Waals surface area (Å²) in [6.45, 7) is 3.52. The van der Waals surface area contributed by atoms with Gasteiger partial charge in [-0.3, -0.25) is 9.78 Å². The number of pyridine rings is 1. The number of carbonyl (C=O) groups is 2. The number of hydrogen-bond acceptors (Lipinski definition) is 3. The van der Waals surface area contributed by atoms with E-state index in [-0.39, 0.29) is 18.2 Å². The Morgan fingerprint density at radius 3 is 2.67 bits per heavy atom. The molecular weight excluding hydrogens is 268 g/mol. The third kappa shape index (κ3) is 3.78. The van der Waals surface area contributed by atoms with Crippen molar-refractivity contribution < 1.29 is 14.7 Å². The standard InChI is InChI=1S/C16H18N2O3/c1-10(2)15(16(20)21)18-14(19)8-11-7-12-5-3-4-6-13(12)17-9-11/h3-7,9-10,15H,8H2,1-2H3,(H,18,19)(H,20,21)/t15-/m0/s1. The zero-order valence-corrected chi connectivity index (χ0v) is 12.0. The van der Waals surface area contributed by atoms with Crippen LogP contribution in [0, 0.1) is 5.92 Å². The number of para-hydroxylation sites is 1. The van der Waals surface area contributed by atoms with E-state index in [1.165, 1.54) is 0 Å². The van der Waals surface area contributed by atoms with Gasteiger partial charge in [0.05, 0.1) is 11.9 Å². The van der Waals surface area contributed by atoms with Gasteiger partial charge < -0.3 is 10.4 Å². The molecule has 5 nitrogen and oxygen atoms in total. The van der Waals surface area contributed by atoms with Crippen LogP contribution in [-0.2, 0) is 16.0 Å². The molecule has 110 valence electrons. The van der Waals surface area contributed by atoms with Gasteiger partial charge in [0.1, 0.15) is 6.04 Å². The number of hydrogen-bond donors (Lipinski definition) is 2. The third-order valence-electron chi connectivity index (χ3n) is 3.26. The molecule has 1 amide bonds. The first-order chi connectivity index (χ1) is 9.97. The minimum Gasteiger partial charge on any atom is -0.480 e. The van der Waals surface area contributed by atoms with Crippen LogP contribution in [-0.4, -0.2) is 28.0 Å². The summed E-state index contributed by atoms with van der Waals surface area (Å²) in [6, 6.07) is 8.67. The fourth-order valence-electron chi connectivity index (χ4n) is 2.14. The van der Waals surface area contributed by atoms with Crippen LogP contribution in [0.15, 0.2) is 36.5 Å². The Morgan fingerprint density at radius 1 is 1.29 bits per heavy atom. The average molecular weight is 286 g/mol. The Bertz CT molecular complexity index is 667. The van der Waals surface area contributed by atoms with Crippen molar-refractivity contribution in [2.45, 2.75) is 26.3 Å².